The van der Waals surface area contributed by atoms with Crippen LogP contribution >= 0.6 is 11.8 Å². The summed E-state index contributed by atoms with van der Waals surface area (Å²) in [6.07, 6.45) is 2.28. The van der Waals surface area contributed by atoms with Crippen molar-refractivity contribution < 1.29 is 18.7 Å². The summed E-state index contributed by atoms with van der Waals surface area (Å²) in [6.45, 7) is 2.18. The maximum absolute atomic E-state index is 12.5. The molecule has 2 aromatic carbocycles. The number of amides is 2. The molecule has 4 rings (SSSR count). The predicted molar refractivity (Wildman–Crippen MR) is 118 cm³/mol. The van der Waals surface area contributed by atoms with E-state index in [0.29, 0.717) is 18.2 Å². The van der Waals surface area contributed by atoms with Crippen molar-refractivity contribution >= 4 is 35.3 Å². The topological polar surface area (TPSA) is 97.6 Å². The van der Waals surface area contributed by atoms with E-state index in [9.17, 15) is 9.59 Å². The summed E-state index contributed by atoms with van der Waals surface area (Å²) in [5, 5.41) is 10.4. The molecule has 31 heavy (non-hydrogen) atoms. The Balaban J connectivity index is 1.34. The number of rotatable bonds is 7. The van der Waals surface area contributed by atoms with Crippen molar-refractivity contribution in [3.05, 3.63) is 60.0 Å². The smallest absolute Gasteiger partial charge is 0.322 e. The van der Waals surface area contributed by atoms with E-state index >= 15 is 0 Å². The molecule has 0 aliphatic carbocycles. The number of hydrogen-bond acceptors (Lipinski definition) is 7. The van der Waals surface area contributed by atoms with Crippen molar-refractivity contribution in [1.82, 2.24) is 10.2 Å². The van der Waals surface area contributed by atoms with Gasteiger partial charge in [0.25, 0.3) is 5.91 Å². The first-order valence-electron chi connectivity index (χ1n) is 9.79. The summed E-state index contributed by atoms with van der Waals surface area (Å²) in [7, 11) is 0. The first kappa shape index (κ1) is 20.9. The van der Waals surface area contributed by atoms with Crippen LogP contribution in [0.4, 0.5) is 11.7 Å². The summed E-state index contributed by atoms with van der Waals surface area (Å²) in [4.78, 5) is 27.5. The van der Waals surface area contributed by atoms with E-state index in [-0.39, 0.29) is 30.9 Å². The number of ether oxygens (including phenoxy) is 1. The van der Waals surface area contributed by atoms with Crippen LogP contribution in [0.25, 0.3) is 0 Å². The molecule has 2 amide bonds. The second kappa shape index (κ2) is 9.22. The number of carbonyl (C=O) groups is 2. The molecule has 1 fully saturated rings. The molecule has 2 heterocycles. The molecule has 1 aliphatic heterocycles. The molecule has 1 aliphatic rings. The van der Waals surface area contributed by atoms with Crippen LogP contribution in [0.15, 0.2) is 57.8 Å². The fourth-order valence-corrected chi connectivity index (χ4v) is 3.76. The first-order chi connectivity index (χ1) is 15.0. The van der Waals surface area contributed by atoms with Gasteiger partial charge >= 0.3 is 6.01 Å². The van der Waals surface area contributed by atoms with Crippen LogP contribution in [0.5, 0.6) is 5.75 Å². The molecule has 1 aromatic heterocycles. The molecule has 1 saturated heterocycles. The normalized spacial score (nSPS) is 15.9. The molecule has 3 aromatic rings. The molecule has 0 bridgehead atoms. The zero-order valence-electron chi connectivity index (χ0n) is 17.2. The van der Waals surface area contributed by atoms with E-state index in [0.717, 1.165) is 16.1 Å². The van der Waals surface area contributed by atoms with Crippen LogP contribution < -0.4 is 15.0 Å². The molecule has 8 nitrogen and oxygen atoms in total. The lowest BCUT2D eigenvalue weighted by Crippen LogP contribution is -2.24. The average molecular weight is 439 g/mol. The Morgan fingerprint density at radius 3 is 2.74 bits per heavy atom. The fourth-order valence-electron chi connectivity index (χ4n) is 3.35. The highest BCUT2D eigenvalue weighted by Gasteiger charge is 2.35. The Morgan fingerprint density at radius 1 is 1.23 bits per heavy atom. The van der Waals surface area contributed by atoms with Gasteiger partial charge in [-0.2, -0.15) is 0 Å². The van der Waals surface area contributed by atoms with Crippen LogP contribution in [-0.2, 0) is 9.59 Å². The zero-order valence-corrected chi connectivity index (χ0v) is 18.0. The number of benzene rings is 2. The molecular weight excluding hydrogens is 416 g/mol. The summed E-state index contributed by atoms with van der Waals surface area (Å²) < 4.78 is 11.1. The lowest BCUT2D eigenvalue weighted by molar-refractivity contribution is -0.118. The minimum Gasteiger partial charge on any atom is -0.483 e. The van der Waals surface area contributed by atoms with Gasteiger partial charge in [-0.3, -0.25) is 14.9 Å². The van der Waals surface area contributed by atoms with Gasteiger partial charge in [0.1, 0.15) is 5.75 Å². The maximum Gasteiger partial charge on any atom is 0.322 e. The van der Waals surface area contributed by atoms with Crippen molar-refractivity contribution in [3.63, 3.8) is 0 Å². The summed E-state index contributed by atoms with van der Waals surface area (Å²) >= 11 is 1.65. The molecule has 1 N–H and O–H groups in total. The van der Waals surface area contributed by atoms with Gasteiger partial charge in [-0.15, -0.1) is 16.9 Å². The number of hydrogen-bond donors (Lipinski definition) is 1. The Labute approximate surface area is 184 Å². The number of anilines is 2. The van der Waals surface area contributed by atoms with Crippen molar-refractivity contribution in [3.8, 4) is 5.75 Å². The standard InChI is InChI=1S/C22H22N4O4S/c1-14-5-3-4-6-18(14)29-13-19(27)23-22-25-24-21(30-22)15-11-20(28)26(12-15)16-7-9-17(31-2)10-8-16/h3-10,15H,11-13H2,1-2H3,(H,23,25,27)/t15-/m0/s1. The van der Waals surface area contributed by atoms with E-state index in [4.69, 9.17) is 9.15 Å². The van der Waals surface area contributed by atoms with Crippen LogP contribution in [0, 0.1) is 6.92 Å². The van der Waals surface area contributed by atoms with Crippen molar-refractivity contribution in [2.75, 3.05) is 29.6 Å². The molecule has 0 radical (unpaired) electrons. The second-order valence-electron chi connectivity index (χ2n) is 7.15. The Morgan fingerprint density at radius 2 is 2.00 bits per heavy atom. The third kappa shape index (κ3) is 4.88. The number of nitrogens with one attached hydrogen (secondary N) is 1. The van der Waals surface area contributed by atoms with Gasteiger partial charge in [0, 0.05) is 23.5 Å². The SMILES string of the molecule is CSc1ccc(N2C[C@@H](c3nnc(NC(=O)COc4ccccc4C)o3)CC2=O)cc1. The van der Waals surface area contributed by atoms with Gasteiger partial charge in [-0.1, -0.05) is 23.3 Å². The highest BCUT2D eigenvalue weighted by Crippen LogP contribution is 2.32. The number of aromatic nitrogens is 2. The number of carbonyl (C=O) groups excluding carboxylic acids is 2. The monoisotopic (exact) mass is 438 g/mol. The molecule has 160 valence electrons. The number of nitrogens with zero attached hydrogens (tertiary/aromatic N) is 3. The summed E-state index contributed by atoms with van der Waals surface area (Å²) in [5.41, 5.74) is 1.78. The van der Waals surface area contributed by atoms with E-state index in [1.165, 1.54) is 0 Å². The quantitative estimate of drug-likeness (QED) is 0.563. The van der Waals surface area contributed by atoms with E-state index in [2.05, 4.69) is 15.5 Å². The first-order valence-corrected chi connectivity index (χ1v) is 11.0. The molecule has 0 spiro atoms. The minimum atomic E-state index is -0.406. The van der Waals surface area contributed by atoms with Crippen LogP contribution in [-0.4, -0.2) is 41.4 Å². The summed E-state index contributed by atoms with van der Waals surface area (Å²) in [5.74, 6) is 0.327. The highest BCUT2D eigenvalue weighted by molar-refractivity contribution is 7.98. The zero-order chi connectivity index (χ0) is 21.8. The molecule has 9 heteroatoms. The largest absolute Gasteiger partial charge is 0.483 e. The number of para-hydroxylation sites is 1. The van der Waals surface area contributed by atoms with Gasteiger partial charge in [0.2, 0.25) is 11.8 Å². The highest BCUT2D eigenvalue weighted by atomic mass is 32.2. The predicted octanol–water partition coefficient (Wildman–Crippen LogP) is 3.64. The van der Waals surface area contributed by atoms with Crippen LogP contribution in [0.1, 0.15) is 23.8 Å². The van der Waals surface area contributed by atoms with Crippen LogP contribution in [0.3, 0.4) is 0 Å². The van der Waals surface area contributed by atoms with Gasteiger partial charge in [0.05, 0.1) is 5.92 Å². The Kier molecular flexibility index (Phi) is 6.22. The second-order valence-corrected chi connectivity index (χ2v) is 8.03. The third-order valence-electron chi connectivity index (χ3n) is 5.00. The Hall–Kier alpha value is -3.33. The number of aryl methyl sites for hydroxylation is 1. The lowest BCUT2D eigenvalue weighted by Gasteiger charge is -2.16. The van der Waals surface area contributed by atoms with E-state index < -0.39 is 5.91 Å². The third-order valence-corrected chi connectivity index (χ3v) is 5.74. The molecular formula is C22H22N4O4S. The molecule has 0 unspecified atom stereocenters. The Bertz CT molecular complexity index is 1080. The van der Waals surface area contributed by atoms with Gasteiger partial charge in [-0.25, -0.2) is 0 Å². The fraction of sp³-hybridized carbons (Fsp3) is 0.273. The number of thioether (sulfide) groups is 1. The van der Waals surface area contributed by atoms with Crippen LogP contribution in [0.2, 0.25) is 0 Å². The average Bonchev–Trinajstić information content (AvgIpc) is 3.40. The molecule has 1 atom stereocenters. The minimum absolute atomic E-state index is 0.00248. The van der Waals surface area contributed by atoms with E-state index in [1.54, 1.807) is 22.7 Å². The maximum atomic E-state index is 12.5. The van der Waals surface area contributed by atoms with Crippen molar-refractivity contribution in [2.45, 2.75) is 24.2 Å². The van der Waals surface area contributed by atoms with E-state index in [1.807, 2.05) is 55.6 Å². The van der Waals surface area contributed by atoms with Gasteiger partial charge in [-0.05, 0) is 49.1 Å². The van der Waals surface area contributed by atoms with Crippen molar-refractivity contribution in [2.24, 2.45) is 0 Å². The van der Waals surface area contributed by atoms with Crippen molar-refractivity contribution in [1.29, 1.82) is 0 Å². The van der Waals surface area contributed by atoms with Gasteiger partial charge in [0.15, 0.2) is 6.61 Å². The molecule has 0 saturated carbocycles. The lowest BCUT2D eigenvalue weighted by atomic mass is 10.1. The summed E-state index contributed by atoms with van der Waals surface area (Å²) in [6, 6.07) is 15.3. The van der Waals surface area contributed by atoms with Gasteiger partial charge < -0.3 is 14.1 Å².